The summed E-state index contributed by atoms with van der Waals surface area (Å²) in [6.07, 6.45) is 0.676. The fraction of sp³-hybridized carbons (Fsp3) is 0.267. The van der Waals surface area contributed by atoms with E-state index in [1.165, 1.54) is 0 Å². The fourth-order valence-corrected chi connectivity index (χ4v) is 3.72. The average molecular weight is 378 g/mol. The third-order valence-electron chi connectivity index (χ3n) is 4.50. The Labute approximate surface area is 138 Å². The first-order valence-electron chi connectivity index (χ1n) is 7.05. The van der Waals surface area contributed by atoms with Gasteiger partial charge in [0.25, 0.3) is 0 Å². The van der Waals surface area contributed by atoms with Crippen molar-refractivity contribution in [3.8, 4) is 0 Å². The number of carbonyl (C=O) groups is 1. The van der Waals surface area contributed by atoms with Crippen molar-refractivity contribution >= 4 is 32.8 Å². The number of aromatic nitrogens is 3. The minimum absolute atomic E-state index is 0.126. The number of nitrogens with zero attached hydrogens (tertiary/aromatic N) is 2. The molecule has 0 bridgehead atoms. The maximum absolute atomic E-state index is 11.7. The van der Waals surface area contributed by atoms with E-state index in [1.807, 2.05) is 25.1 Å². The largest absolute Gasteiger partial charge is 0.477 e. The summed E-state index contributed by atoms with van der Waals surface area (Å²) < 4.78 is 7.25. The molecule has 118 valence electrons. The van der Waals surface area contributed by atoms with Gasteiger partial charge in [-0.2, -0.15) is 0 Å². The number of benzene rings is 1. The van der Waals surface area contributed by atoms with E-state index in [-0.39, 0.29) is 11.6 Å². The molecule has 0 saturated heterocycles. The lowest BCUT2D eigenvalue weighted by Crippen LogP contribution is -2.26. The second kappa shape index (κ2) is 4.58. The van der Waals surface area contributed by atoms with Crippen molar-refractivity contribution in [2.75, 3.05) is 0 Å². The Morgan fingerprint density at radius 2 is 2.26 bits per heavy atom. The number of hydrogen-bond donors (Lipinski definition) is 2. The Kier molecular flexibility index (Phi) is 2.84. The number of H-pyrrole nitrogens is 1. The molecule has 4 rings (SSSR count). The molecule has 1 fully saturated rings. The van der Waals surface area contributed by atoms with Crippen molar-refractivity contribution < 1.29 is 14.4 Å². The molecule has 2 atom stereocenters. The summed E-state index contributed by atoms with van der Waals surface area (Å²) >= 11 is 3.40. The van der Waals surface area contributed by atoms with Gasteiger partial charge >= 0.3 is 11.7 Å². The lowest BCUT2D eigenvalue weighted by Gasteiger charge is -2.19. The zero-order valence-corrected chi connectivity index (χ0v) is 13.6. The third kappa shape index (κ3) is 1.91. The van der Waals surface area contributed by atoms with Crippen LogP contribution in [0.2, 0.25) is 0 Å². The van der Waals surface area contributed by atoms with Crippen molar-refractivity contribution in [2.45, 2.75) is 18.9 Å². The second-order valence-electron chi connectivity index (χ2n) is 5.85. The summed E-state index contributed by atoms with van der Waals surface area (Å²) in [5.74, 6) is -1.19. The first-order valence-corrected chi connectivity index (χ1v) is 7.84. The zero-order valence-electron chi connectivity index (χ0n) is 12.0. The van der Waals surface area contributed by atoms with Gasteiger partial charge in [-0.15, -0.1) is 0 Å². The number of rotatable bonds is 3. The molecular formula is C15H12BrN3O4. The SMILES string of the molecule is C[C@H]1C[C@]1(c1noc(=O)[nH]1)n1c(C(=O)O)cc2cc(Br)ccc21. The number of nitrogens with one attached hydrogen (secondary N) is 1. The van der Waals surface area contributed by atoms with Gasteiger partial charge in [-0.1, -0.05) is 28.0 Å². The van der Waals surface area contributed by atoms with Gasteiger partial charge in [-0.05, 0) is 36.6 Å². The Balaban J connectivity index is 2.06. The molecule has 0 amide bonds. The summed E-state index contributed by atoms with van der Waals surface area (Å²) in [6, 6.07) is 7.21. The summed E-state index contributed by atoms with van der Waals surface area (Å²) in [6.45, 7) is 1.99. The second-order valence-corrected chi connectivity index (χ2v) is 6.76. The topological polar surface area (TPSA) is 101 Å². The fourth-order valence-electron chi connectivity index (χ4n) is 3.35. The van der Waals surface area contributed by atoms with Crippen molar-refractivity contribution in [3.63, 3.8) is 0 Å². The Bertz CT molecular complexity index is 1000. The number of aromatic amines is 1. The molecule has 1 aliphatic carbocycles. The molecule has 2 aromatic heterocycles. The molecule has 2 N–H and O–H groups in total. The van der Waals surface area contributed by atoms with Gasteiger partial charge in [0.15, 0.2) is 5.82 Å². The Morgan fingerprint density at radius 1 is 1.52 bits per heavy atom. The maximum Gasteiger partial charge on any atom is 0.438 e. The minimum Gasteiger partial charge on any atom is -0.477 e. The highest BCUT2D eigenvalue weighted by Crippen LogP contribution is 2.55. The number of carboxylic acid groups (broad SMARTS) is 1. The number of carboxylic acids is 1. The third-order valence-corrected chi connectivity index (χ3v) is 5.00. The van der Waals surface area contributed by atoms with E-state index in [0.29, 0.717) is 12.2 Å². The molecular weight excluding hydrogens is 366 g/mol. The lowest BCUT2D eigenvalue weighted by molar-refractivity contribution is 0.0682. The van der Waals surface area contributed by atoms with Crippen LogP contribution in [-0.2, 0) is 5.54 Å². The smallest absolute Gasteiger partial charge is 0.438 e. The number of aromatic carboxylic acids is 1. The molecule has 7 nitrogen and oxygen atoms in total. The normalized spacial score (nSPS) is 23.3. The van der Waals surface area contributed by atoms with Crippen molar-refractivity contribution in [3.05, 3.63) is 50.8 Å². The van der Waals surface area contributed by atoms with Crippen molar-refractivity contribution in [2.24, 2.45) is 5.92 Å². The quantitative estimate of drug-likeness (QED) is 0.730. The highest BCUT2D eigenvalue weighted by atomic mass is 79.9. The average Bonchev–Trinajstić information content (AvgIpc) is 2.87. The van der Waals surface area contributed by atoms with Crippen LogP contribution in [0.4, 0.5) is 0 Å². The summed E-state index contributed by atoms with van der Waals surface area (Å²) in [5.41, 5.74) is 0.236. The van der Waals surface area contributed by atoms with Crippen LogP contribution in [0.25, 0.3) is 10.9 Å². The van der Waals surface area contributed by atoms with Gasteiger partial charge in [0.1, 0.15) is 11.2 Å². The van der Waals surface area contributed by atoms with Gasteiger partial charge in [0.2, 0.25) is 0 Å². The maximum atomic E-state index is 11.7. The van der Waals surface area contributed by atoms with Crippen molar-refractivity contribution in [1.82, 2.24) is 14.7 Å². The highest BCUT2D eigenvalue weighted by Gasteiger charge is 2.59. The van der Waals surface area contributed by atoms with Crippen LogP contribution in [0, 0.1) is 5.92 Å². The summed E-state index contributed by atoms with van der Waals surface area (Å²) in [5, 5.41) is 14.2. The molecule has 0 spiro atoms. The molecule has 23 heavy (non-hydrogen) atoms. The molecule has 1 aliphatic rings. The molecule has 1 saturated carbocycles. The van der Waals surface area contributed by atoms with E-state index in [1.54, 1.807) is 10.6 Å². The summed E-state index contributed by atoms with van der Waals surface area (Å²) in [7, 11) is 0. The standard InChI is InChI=1S/C15H12BrN3O4/c1-7-6-15(7,13-17-14(22)23-18-13)19-10-3-2-9(16)4-8(10)5-11(19)12(20)21/h2-5,7H,6H2,1H3,(H,20,21)(H,17,18,22)/t7-,15-/m0/s1. The van der Waals surface area contributed by atoms with E-state index >= 15 is 0 Å². The van der Waals surface area contributed by atoms with E-state index < -0.39 is 17.3 Å². The number of hydrogen-bond acceptors (Lipinski definition) is 4. The molecule has 2 heterocycles. The van der Waals surface area contributed by atoms with Crippen LogP contribution in [0.5, 0.6) is 0 Å². The van der Waals surface area contributed by atoms with Crippen LogP contribution < -0.4 is 5.76 Å². The van der Waals surface area contributed by atoms with Gasteiger partial charge in [-0.25, -0.2) is 9.59 Å². The first kappa shape index (κ1) is 14.3. The van der Waals surface area contributed by atoms with Crippen LogP contribution in [-0.4, -0.2) is 25.8 Å². The van der Waals surface area contributed by atoms with Gasteiger partial charge in [-0.3, -0.25) is 9.51 Å². The highest BCUT2D eigenvalue weighted by molar-refractivity contribution is 9.10. The monoisotopic (exact) mass is 377 g/mol. The Morgan fingerprint density at radius 3 is 2.83 bits per heavy atom. The van der Waals surface area contributed by atoms with Crippen LogP contribution >= 0.6 is 15.9 Å². The van der Waals surface area contributed by atoms with Gasteiger partial charge in [0.05, 0.1) is 0 Å². The van der Waals surface area contributed by atoms with E-state index in [4.69, 9.17) is 0 Å². The minimum atomic E-state index is -1.03. The van der Waals surface area contributed by atoms with Gasteiger partial charge in [0, 0.05) is 15.4 Å². The Hall–Kier alpha value is -2.35. The lowest BCUT2D eigenvalue weighted by atomic mass is 10.1. The van der Waals surface area contributed by atoms with Crippen LogP contribution in [0.1, 0.15) is 29.7 Å². The van der Waals surface area contributed by atoms with Crippen LogP contribution in [0.15, 0.2) is 38.1 Å². The number of halogens is 1. The van der Waals surface area contributed by atoms with Crippen LogP contribution in [0.3, 0.4) is 0 Å². The van der Waals surface area contributed by atoms with E-state index in [0.717, 1.165) is 15.4 Å². The first-order chi connectivity index (χ1) is 10.9. The molecule has 3 aromatic rings. The summed E-state index contributed by atoms with van der Waals surface area (Å²) in [4.78, 5) is 25.7. The molecule has 0 radical (unpaired) electrons. The number of fused-ring (bicyclic) bond motifs is 1. The predicted octanol–water partition coefficient (Wildman–Crippen LogP) is 2.56. The molecule has 0 aliphatic heterocycles. The zero-order chi connectivity index (χ0) is 16.4. The van der Waals surface area contributed by atoms with Gasteiger partial charge < -0.3 is 9.67 Å². The molecule has 1 aromatic carbocycles. The molecule has 8 heteroatoms. The molecule has 0 unspecified atom stereocenters. The van der Waals surface area contributed by atoms with E-state index in [2.05, 4.69) is 30.6 Å². The van der Waals surface area contributed by atoms with Crippen molar-refractivity contribution in [1.29, 1.82) is 0 Å². The van der Waals surface area contributed by atoms with E-state index in [9.17, 15) is 14.7 Å². The predicted molar refractivity (Wildman–Crippen MR) is 84.6 cm³/mol.